The lowest BCUT2D eigenvalue weighted by atomic mass is 10.1. The largest absolute Gasteiger partial charge is 0.298 e. The summed E-state index contributed by atoms with van der Waals surface area (Å²) in [5.41, 5.74) is 2.23. The van der Waals surface area contributed by atoms with Gasteiger partial charge < -0.3 is 0 Å². The normalized spacial score (nSPS) is 10.6. The molecule has 148 valence electrons. The van der Waals surface area contributed by atoms with E-state index in [1.165, 1.54) is 29.5 Å². The monoisotopic (exact) mass is 435 g/mol. The Morgan fingerprint density at radius 1 is 0.933 bits per heavy atom. The number of halogens is 1. The Morgan fingerprint density at radius 2 is 1.60 bits per heavy atom. The van der Waals surface area contributed by atoms with Gasteiger partial charge in [0.05, 0.1) is 15.5 Å². The summed E-state index contributed by atoms with van der Waals surface area (Å²) in [7, 11) is 0. The summed E-state index contributed by atoms with van der Waals surface area (Å²) in [4.78, 5) is 28.8. The van der Waals surface area contributed by atoms with Gasteiger partial charge in [0.15, 0.2) is 5.13 Å². The molecule has 0 aliphatic carbocycles. The highest BCUT2D eigenvalue weighted by molar-refractivity contribution is 7.19. The number of carbonyl (C=O) groups is 1. The van der Waals surface area contributed by atoms with Crippen molar-refractivity contribution >= 4 is 39.7 Å². The van der Waals surface area contributed by atoms with Gasteiger partial charge in [-0.3, -0.25) is 20.2 Å². The molecule has 1 N–H and O–H groups in total. The van der Waals surface area contributed by atoms with Gasteiger partial charge in [0, 0.05) is 16.7 Å². The molecular formula is C22H14ClN3O3S. The first kappa shape index (κ1) is 19.8. The minimum Gasteiger partial charge on any atom is -0.298 e. The number of amides is 1. The molecule has 1 heterocycles. The molecule has 0 aliphatic rings. The van der Waals surface area contributed by atoms with E-state index in [2.05, 4.69) is 10.3 Å². The van der Waals surface area contributed by atoms with E-state index in [4.69, 9.17) is 11.6 Å². The zero-order valence-electron chi connectivity index (χ0n) is 15.4. The number of hydrogen-bond donors (Lipinski definition) is 1. The van der Waals surface area contributed by atoms with Gasteiger partial charge in [-0.25, -0.2) is 4.98 Å². The molecule has 0 unspecified atom stereocenters. The van der Waals surface area contributed by atoms with Crippen LogP contribution in [0.4, 0.5) is 10.8 Å². The SMILES string of the molecule is O=C(Nc1nc(-c2ccccc2)c(-c2ccc(Cl)cc2)s1)c1ccccc1[N+](=O)[O-]. The number of nitro benzene ring substituents is 1. The minimum absolute atomic E-state index is 0.0213. The fourth-order valence-electron chi connectivity index (χ4n) is 2.95. The standard InChI is InChI=1S/C22H14ClN3O3S/c23-16-12-10-15(11-13-16)20-19(14-6-2-1-3-7-14)24-22(30-20)25-21(27)17-8-4-5-9-18(17)26(28)29/h1-13H,(H,24,25,27). The van der Waals surface area contributed by atoms with Gasteiger partial charge >= 0.3 is 0 Å². The molecule has 8 heteroatoms. The average molecular weight is 436 g/mol. The van der Waals surface area contributed by atoms with Crippen molar-refractivity contribution in [2.75, 3.05) is 5.32 Å². The van der Waals surface area contributed by atoms with E-state index >= 15 is 0 Å². The number of carbonyl (C=O) groups excluding carboxylic acids is 1. The summed E-state index contributed by atoms with van der Waals surface area (Å²) in [6.07, 6.45) is 0. The molecule has 0 atom stereocenters. The Hall–Kier alpha value is -3.55. The van der Waals surface area contributed by atoms with E-state index in [1.54, 1.807) is 18.2 Å². The van der Waals surface area contributed by atoms with E-state index in [0.717, 1.165) is 16.0 Å². The number of para-hydroxylation sites is 1. The smallest absolute Gasteiger partial charge is 0.282 e. The summed E-state index contributed by atoms with van der Waals surface area (Å²) in [6.45, 7) is 0. The molecule has 30 heavy (non-hydrogen) atoms. The number of nitro groups is 1. The maximum Gasteiger partial charge on any atom is 0.282 e. The van der Waals surface area contributed by atoms with Crippen LogP contribution in [-0.2, 0) is 0 Å². The van der Waals surface area contributed by atoms with Gasteiger partial charge in [-0.1, -0.05) is 77.5 Å². The van der Waals surface area contributed by atoms with Crippen LogP contribution in [0.3, 0.4) is 0 Å². The molecule has 0 saturated heterocycles. The van der Waals surface area contributed by atoms with Gasteiger partial charge in [-0.05, 0) is 23.8 Å². The quantitative estimate of drug-likeness (QED) is 0.295. The molecule has 0 spiro atoms. The predicted molar refractivity (Wildman–Crippen MR) is 119 cm³/mol. The zero-order chi connectivity index (χ0) is 21.1. The first-order valence-electron chi connectivity index (χ1n) is 8.90. The number of anilines is 1. The Kier molecular flexibility index (Phi) is 5.56. The number of hydrogen-bond acceptors (Lipinski definition) is 5. The number of benzene rings is 3. The number of nitrogens with one attached hydrogen (secondary N) is 1. The lowest BCUT2D eigenvalue weighted by Crippen LogP contribution is -2.13. The van der Waals surface area contributed by atoms with E-state index in [9.17, 15) is 14.9 Å². The maximum atomic E-state index is 12.7. The van der Waals surface area contributed by atoms with Gasteiger partial charge in [-0.2, -0.15) is 0 Å². The van der Waals surface area contributed by atoms with Gasteiger partial charge in [0.2, 0.25) is 0 Å². The Bertz CT molecular complexity index is 1220. The van der Waals surface area contributed by atoms with Crippen molar-refractivity contribution in [2.45, 2.75) is 0 Å². The van der Waals surface area contributed by atoms with Crippen molar-refractivity contribution < 1.29 is 9.72 Å². The van der Waals surface area contributed by atoms with Crippen molar-refractivity contribution in [3.63, 3.8) is 0 Å². The first-order valence-corrected chi connectivity index (χ1v) is 10.1. The van der Waals surface area contributed by atoms with Crippen LogP contribution in [0.2, 0.25) is 5.02 Å². The van der Waals surface area contributed by atoms with Crippen LogP contribution in [0, 0.1) is 10.1 Å². The minimum atomic E-state index is -0.585. The predicted octanol–water partition coefficient (Wildman–Crippen LogP) is 6.29. The zero-order valence-corrected chi connectivity index (χ0v) is 17.0. The van der Waals surface area contributed by atoms with Crippen LogP contribution in [0.1, 0.15) is 10.4 Å². The fraction of sp³-hybridized carbons (Fsp3) is 0. The van der Waals surface area contributed by atoms with Crippen LogP contribution >= 0.6 is 22.9 Å². The molecule has 4 rings (SSSR count). The summed E-state index contributed by atoms with van der Waals surface area (Å²) in [6, 6.07) is 22.8. The van der Waals surface area contributed by atoms with E-state index in [1.807, 2.05) is 42.5 Å². The van der Waals surface area contributed by atoms with Crippen LogP contribution in [-0.4, -0.2) is 15.8 Å². The third kappa shape index (κ3) is 4.07. The van der Waals surface area contributed by atoms with Crippen LogP contribution in [0.25, 0.3) is 21.7 Å². The Labute approximate surface area is 180 Å². The van der Waals surface area contributed by atoms with Crippen molar-refractivity contribution in [3.8, 4) is 21.7 Å². The Balaban J connectivity index is 1.74. The fourth-order valence-corrected chi connectivity index (χ4v) is 4.07. The lowest BCUT2D eigenvalue weighted by molar-refractivity contribution is -0.385. The highest BCUT2D eigenvalue weighted by atomic mass is 35.5. The van der Waals surface area contributed by atoms with Crippen molar-refractivity contribution in [2.24, 2.45) is 0 Å². The molecule has 1 aromatic heterocycles. The summed E-state index contributed by atoms with van der Waals surface area (Å²) >= 11 is 7.31. The number of aromatic nitrogens is 1. The van der Waals surface area contributed by atoms with Gasteiger partial charge in [-0.15, -0.1) is 0 Å². The van der Waals surface area contributed by atoms with Crippen LogP contribution in [0.5, 0.6) is 0 Å². The molecule has 0 aliphatic heterocycles. The van der Waals surface area contributed by atoms with Gasteiger partial charge in [0.1, 0.15) is 5.56 Å². The Morgan fingerprint density at radius 3 is 2.30 bits per heavy atom. The second-order valence-electron chi connectivity index (χ2n) is 6.30. The molecular weight excluding hydrogens is 422 g/mol. The third-order valence-corrected chi connectivity index (χ3v) is 5.62. The third-order valence-electron chi connectivity index (χ3n) is 4.35. The van der Waals surface area contributed by atoms with E-state index < -0.39 is 10.8 Å². The maximum absolute atomic E-state index is 12.7. The second-order valence-corrected chi connectivity index (χ2v) is 7.73. The number of nitrogens with zero attached hydrogens (tertiary/aromatic N) is 2. The van der Waals surface area contributed by atoms with Gasteiger partial charge in [0.25, 0.3) is 11.6 Å². The first-order chi connectivity index (χ1) is 14.5. The summed E-state index contributed by atoms with van der Waals surface area (Å²) < 4.78 is 0. The molecule has 0 bridgehead atoms. The van der Waals surface area contributed by atoms with Crippen LogP contribution < -0.4 is 5.32 Å². The van der Waals surface area contributed by atoms with Crippen molar-refractivity contribution in [3.05, 3.63) is 99.6 Å². The van der Waals surface area contributed by atoms with E-state index in [0.29, 0.717) is 15.8 Å². The highest BCUT2D eigenvalue weighted by Gasteiger charge is 2.22. The molecule has 4 aromatic rings. The number of rotatable bonds is 5. The lowest BCUT2D eigenvalue weighted by Gasteiger charge is -2.02. The molecule has 0 fully saturated rings. The highest BCUT2D eigenvalue weighted by Crippen LogP contribution is 2.39. The molecule has 0 radical (unpaired) electrons. The topological polar surface area (TPSA) is 85.1 Å². The molecule has 1 amide bonds. The van der Waals surface area contributed by atoms with Crippen molar-refractivity contribution in [1.29, 1.82) is 0 Å². The average Bonchev–Trinajstić information content (AvgIpc) is 3.18. The van der Waals surface area contributed by atoms with Crippen molar-refractivity contribution in [1.82, 2.24) is 4.98 Å². The number of thiazole rings is 1. The summed E-state index contributed by atoms with van der Waals surface area (Å²) in [5.74, 6) is -0.585. The summed E-state index contributed by atoms with van der Waals surface area (Å²) in [5, 5.41) is 14.9. The molecule has 0 saturated carbocycles. The second kappa shape index (κ2) is 8.44. The van der Waals surface area contributed by atoms with Crippen LogP contribution in [0.15, 0.2) is 78.9 Å². The van der Waals surface area contributed by atoms with E-state index in [-0.39, 0.29) is 11.3 Å². The molecule has 6 nitrogen and oxygen atoms in total. The molecule has 3 aromatic carbocycles.